The highest BCUT2D eigenvalue weighted by Crippen LogP contribution is 2.31. The smallest absolute Gasteiger partial charge is 0.277 e. The minimum Gasteiger partial charge on any atom is -0.493 e. The number of amides is 1. The number of carbonyl (C=O) groups is 1. The number of nitrogens with one attached hydrogen (secondary N) is 1. The molecule has 166 valence electrons. The number of nitrogens with zero attached hydrogens (tertiary/aromatic N) is 2. The molecule has 2 aliphatic heterocycles. The molecule has 1 unspecified atom stereocenters. The quantitative estimate of drug-likeness (QED) is 0.792. The molecular weight excluding hydrogens is 390 g/mol. The van der Waals surface area contributed by atoms with E-state index >= 15 is 0 Å². The topological polar surface area (TPSA) is 46.5 Å². The second-order valence-corrected chi connectivity index (χ2v) is 8.67. The fraction of sp³-hybridized carbons (Fsp3) is 0.480. The third-order valence-corrected chi connectivity index (χ3v) is 6.84. The molecule has 1 amide bonds. The van der Waals surface area contributed by atoms with Gasteiger partial charge in [-0.1, -0.05) is 12.1 Å². The number of piperazine rings is 1. The average Bonchev–Trinajstić information content (AvgIpc) is 2.80. The highest BCUT2D eigenvalue weighted by Gasteiger charge is 2.28. The summed E-state index contributed by atoms with van der Waals surface area (Å²) in [6.07, 6.45) is 0.957. The molecule has 2 aliphatic rings. The van der Waals surface area contributed by atoms with Gasteiger partial charge in [0.05, 0.1) is 20.8 Å². The molecule has 1 saturated heterocycles. The molecule has 2 heterocycles. The lowest BCUT2D eigenvalue weighted by Crippen LogP contribution is -3.12. The van der Waals surface area contributed by atoms with Crippen LogP contribution in [0.4, 0.5) is 5.69 Å². The molecule has 6 nitrogen and oxygen atoms in total. The zero-order valence-corrected chi connectivity index (χ0v) is 19.2. The highest BCUT2D eigenvalue weighted by atomic mass is 16.5. The number of rotatable bonds is 5. The first-order chi connectivity index (χ1) is 15.0. The molecule has 1 N–H and O–H groups in total. The van der Waals surface area contributed by atoms with Crippen LogP contribution in [0.1, 0.15) is 22.3 Å². The lowest BCUT2D eigenvalue weighted by Gasteiger charge is -2.37. The summed E-state index contributed by atoms with van der Waals surface area (Å²) in [4.78, 5) is 18.8. The molecule has 1 atom stereocenters. The summed E-state index contributed by atoms with van der Waals surface area (Å²) < 4.78 is 10.9. The molecule has 2 aromatic carbocycles. The van der Waals surface area contributed by atoms with Crippen LogP contribution in [0.25, 0.3) is 0 Å². The molecule has 0 bridgehead atoms. The molecule has 0 radical (unpaired) electrons. The van der Waals surface area contributed by atoms with E-state index in [9.17, 15) is 4.79 Å². The van der Waals surface area contributed by atoms with Gasteiger partial charge in [-0.2, -0.15) is 0 Å². The predicted molar refractivity (Wildman–Crippen MR) is 122 cm³/mol. The van der Waals surface area contributed by atoms with Crippen molar-refractivity contribution in [3.63, 3.8) is 0 Å². The van der Waals surface area contributed by atoms with Crippen molar-refractivity contribution in [3.05, 3.63) is 52.6 Å². The number of ether oxygens (including phenoxy) is 2. The summed E-state index contributed by atoms with van der Waals surface area (Å²) in [5, 5.41) is 0. The normalized spacial score (nSPS) is 18.5. The van der Waals surface area contributed by atoms with Crippen molar-refractivity contribution in [2.24, 2.45) is 0 Å². The van der Waals surface area contributed by atoms with Crippen LogP contribution < -0.4 is 19.3 Å². The zero-order chi connectivity index (χ0) is 22.0. The van der Waals surface area contributed by atoms with Gasteiger partial charge in [-0.15, -0.1) is 0 Å². The monoisotopic (exact) mass is 424 g/mol. The van der Waals surface area contributed by atoms with Gasteiger partial charge in [0.1, 0.15) is 6.54 Å². The van der Waals surface area contributed by atoms with Crippen molar-refractivity contribution in [3.8, 4) is 11.5 Å². The maximum absolute atomic E-state index is 13.0. The van der Waals surface area contributed by atoms with Crippen LogP contribution in [-0.4, -0.2) is 64.3 Å². The van der Waals surface area contributed by atoms with Gasteiger partial charge in [-0.25, -0.2) is 0 Å². The second kappa shape index (κ2) is 9.18. The average molecular weight is 425 g/mol. The Morgan fingerprint density at radius 2 is 1.68 bits per heavy atom. The van der Waals surface area contributed by atoms with Gasteiger partial charge in [0, 0.05) is 43.9 Å². The summed E-state index contributed by atoms with van der Waals surface area (Å²) >= 11 is 0. The van der Waals surface area contributed by atoms with Crippen LogP contribution in [-0.2, 0) is 17.8 Å². The first kappa shape index (κ1) is 21.5. The second-order valence-electron chi connectivity index (χ2n) is 8.67. The SMILES string of the molecule is COc1cc2c(cc1OC)C[NH+](CC(=O)N1CCN(c3cccc(C)c3C)CC1)CC2. The van der Waals surface area contributed by atoms with Crippen molar-refractivity contribution >= 4 is 11.6 Å². The van der Waals surface area contributed by atoms with Gasteiger partial charge in [-0.05, 0) is 48.7 Å². The van der Waals surface area contributed by atoms with Gasteiger partial charge < -0.3 is 24.2 Å². The van der Waals surface area contributed by atoms with E-state index in [-0.39, 0.29) is 5.91 Å². The molecule has 0 saturated carbocycles. The van der Waals surface area contributed by atoms with Crippen LogP contribution in [0, 0.1) is 13.8 Å². The molecule has 0 spiro atoms. The number of aryl methyl sites for hydroxylation is 1. The number of quaternary nitrogens is 1. The van der Waals surface area contributed by atoms with E-state index in [0.29, 0.717) is 6.54 Å². The Labute approximate surface area is 185 Å². The lowest BCUT2D eigenvalue weighted by atomic mass is 9.98. The van der Waals surface area contributed by atoms with Crippen LogP contribution in [0.15, 0.2) is 30.3 Å². The summed E-state index contributed by atoms with van der Waals surface area (Å²) in [6, 6.07) is 10.6. The number of carbonyl (C=O) groups excluding carboxylic acids is 1. The standard InChI is InChI=1S/C25H33N3O3/c1-18-6-5-7-22(19(18)2)27-10-12-28(13-11-27)25(29)17-26-9-8-20-14-23(30-3)24(31-4)15-21(20)16-26/h5-7,14-15H,8-13,16-17H2,1-4H3/p+1. The molecule has 1 fully saturated rings. The van der Waals surface area contributed by atoms with Crippen molar-refractivity contribution in [2.45, 2.75) is 26.8 Å². The number of methoxy groups -OCH3 is 2. The molecule has 6 heteroatoms. The summed E-state index contributed by atoms with van der Waals surface area (Å²) in [7, 11) is 3.34. The van der Waals surface area contributed by atoms with E-state index in [1.807, 2.05) is 4.90 Å². The van der Waals surface area contributed by atoms with E-state index in [1.165, 1.54) is 32.8 Å². The Morgan fingerprint density at radius 1 is 1.00 bits per heavy atom. The summed E-state index contributed by atoms with van der Waals surface area (Å²) in [6.45, 7) is 10.1. The molecule has 0 aliphatic carbocycles. The van der Waals surface area contributed by atoms with Crippen molar-refractivity contribution in [2.75, 3.05) is 58.4 Å². The molecule has 4 rings (SSSR count). The summed E-state index contributed by atoms with van der Waals surface area (Å²) in [5.41, 5.74) is 6.52. The zero-order valence-electron chi connectivity index (χ0n) is 19.2. The fourth-order valence-corrected chi connectivity index (χ4v) is 4.78. The van der Waals surface area contributed by atoms with E-state index in [0.717, 1.165) is 57.2 Å². The minimum absolute atomic E-state index is 0.263. The van der Waals surface area contributed by atoms with Crippen molar-refractivity contribution < 1.29 is 19.2 Å². The highest BCUT2D eigenvalue weighted by molar-refractivity contribution is 5.77. The Kier molecular flexibility index (Phi) is 6.37. The van der Waals surface area contributed by atoms with Gasteiger partial charge in [0.25, 0.3) is 5.91 Å². The Hall–Kier alpha value is -2.73. The van der Waals surface area contributed by atoms with Crippen LogP contribution in [0.5, 0.6) is 11.5 Å². The van der Waals surface area contributed by atoms with Gasteiger partial charge in [0.2, 0.25) is 0 Å². The molecule has 2 aromatic rings. The van der Waals surface area contributed by atoms with Gasteiger partial charge in [-0.3, -0.25) is 4.79 Å². The maximum atomic E-state index is 13.0. The van der Waals surface area contributed by atoms with Crippen LogP contribution in [0.3, 0.4) is 0 Å². The molecule has 0 aromatic heterocycles. The summed E-state index contributed by atoms with van der Waals surface area (Å²) in [5.74, 6) is 1.80. The van der Waals surface area contributed by atoms with E-state index < -0.39 is 0 Å². The van der Waals surface area contributed by atoms with E-state index in [2.05, 4.69) is 49.1 Å². The van der Waals surface area contributed by atoms with E-state index in [1.54, 1.807) is 14.2 Å². The Bertz CT molecular complexity index is 951. The van der Waals surface area contributed by atoms with Crippen molar-refractivity contribution in [1.29, 1.82) is 0 Å². The number of anilines is 1. The van der Waals surface area contributed by atoms with E-state index in [4.69, 9.17) is 9.47 Å². The Morgan fingerprint density at radius 3 is 2.35 bits per heavy atom. The minimum atomic E-state index is 0.263. The number of hydrogen-bond donors (Lipinski definition) is 1. The lowest BCUT2D eigenvalue weighted by molar-refractivity contribution is -0.908. The Balaban J connectivity index is 1.34. The maximum Gasteiger partial charge on any atom is 0.277 e. The number of benzene rings is 2. The third kappa shape index (κ3) is 4.49. The number of hydrogen-bond acceptors (Lipinski definition) is 4. The van der Waals surface area contributed by atoms with Gasteiger partial charge >= 0.3 is 0 Å². The largest absolute Gasteiger partial charge is 0.493 e. The first-order valence-corrected chi connectivity index (χ1v) is 11.2. The molecular formula is C25H34N3O3+. The van der Waals surface area contributed by atoms with Crippen LogP contribution in [0.2, 0.25) is 0 Å². The van der Waals surface area contributed by atoms with Crippen LogP contribution >= 0.6 is 0 Å². The number of fused-ring (bicyclic) bond motifs is 1. The van der Waals surface area contributed by atoms with Crippen molar-refractivity contribution in [1.82, 2.24) is 4.90 Å². The fourth-order valence-electron chi connectivity index (χ4n) is 4.78. The third-order valence-electron chi connectivity index (χ3n) is 6.84. The predicted octanol–water partition coefficient (Wildman–Crippen LogP) is 1.61. The van der Waals surface area contributed by atoms with Gasteiger partial charge in [0.15, 0.2) is 18.0 Å². The first-order valence-electron chi connectivity index (χ1n) is 11.2. The molecule has 31 heavy (non-hydrogen) atoms.